The van der Waals surface area contributed by atoms with Gasteiger partial charge in [-0.15, -0.1) is 0 Å². The molecule has 1 aliphatic rings. The van der Waals surface area contributed by atoms with Crippen molar-refractivity contribution in [1.82, 2.24) is 0 Å². The minimum Gasteiger partial charge on any atom is -0.435 e. The highest BCUT2D eigenvalue weighted by Crippen LogP contribution is 2.24. The second-order valence-electron chi connectivity index (χ2n) is 3.22. The summed E-state index contributed by atoms with van der Waals surface area (Å²) < 4.78 is 28.2. The van der Waals surface area contributed by atoms with Crippen molar-refractivity contribution in [3.63, 3.8) is 0 Å². The van der Waals surface area contributed by atoms with E-state index in [0.29, 0.717) is 0 Å². The largest absolute Gasteiger partial charge is 0.435 e. The zero-order valence-corrected chi connectivity index (χ0v) is 8.47. The Labute approximate surface area is 95.1 Å². The molecule has 1 heterocycles. The lowest BCUT2D eigenvalue weighted by Gasteiger charge is -2.14. The van der Waals surface area contributed by atoms with Crippen molar-refractivity contribution in [2.75, 3.05) is 4.90 Å². The van der Waals surface area contributed by atoms with Gasteiger partial charge in [-0.1, -0.05) is 6.07 Å². The number of anilines is 1. The molecule has 0 radical (unpaired) electrons. The number of imide groups is 1. The first-order valence-electron chi connectivity index (χ1n) is 4.69. The lowest BCUT2D eigenvalue weighted by molar-refractivity contribution is -0.119. The van der Waals surface area contributed by atoms with E-state index >= 15 is 0 Å². The van der Waals surface area contributed by atoms with E-state index in [1.807, 2.05) is 0 Å². The highest BCUT2D eigenvalue weighted by molar-refractivity contribution is 6.28. The first kappa shape index (κ1) is 11.3. The van der Waals surface area contributed by atoms with Crippen molar-refractivity contribution < 1.29 is 23.1 Å². The number of ether oxygens (including phenoxy) is 1. The van der Waals surface area contributed by atoms with Crippen molar-refractivity contribution in [2.24, 2.45) is 0 Å². The van der Waals surface area contributed by atoms with Crippen LogP contribution in [0.1, 0.15) is 0 Å². The minimum atomic E-state index is -2.95. The molecule has 4 nitrogen and oxygen atoms in total. The first-order chi connectivity index (χ1) is 8.08. The molecule has 0 spiro atoms. The van der Waals surface area contributed by atoms with E-state index in [9.17, 15) is 18.4 Å². The van der Waals surface area contributed by atoms with Gasteiger partial charge in [0.25, 0.3) is 11.8 Å². The number of hydrogen-bond donors (Lipinski definition) is 0. The quantitative estimate of drug-likeness (QED) is 0.754. The highest BCUT2D eigenvalue weighted by Gasteiger charge is 2.25. The predicted molar refractivity (Wildman–Crippen MR) is 54.7 cm³/mol. The Balaban J connectivity index is 2.27. The third-order valence-corrected chi connectivity index (χ3v) is 2.11. The summed E-state index contributed by atoms with van der Waals surface area (Å²) >= 11 is 0. The maximum atomic E-state index is 12.0. The van der Waals surface area contributed by atoms with Crippen LogP contribution in [0.15, 0.2) is 36.4 Å². The van der Waals surface area contributed by atoms with E-state index in [1.54, 1.807) is 0 Å². The monoisotopic (exact) mass is 239 g/mol. The number of rotatable bonds is 3. The molecule has 0 bridgehead atoms. The molecule has 0 aliphatic carbocycles. The molecule has 2 rings (SSSR count). The summed E-state index contributed by atoms with van der Waals surface area (Å²) in [5.74, 6) is -1.13. The van der Waals surface area contributed by atoms with E-state index in [-0.39, 0.29) is 11.4 Å². The van der Waals surface area contributed by atoms with E-state index in [1.165, 1.54) is 24.3 Å². The normalized spacial score (nSPS) is 14.9. The van der Waals surface area contributed by atoms with Crippen molar-refractivity contribution in [3.05, 3.63) is 36.4 Å². The Hall–Kier alpha value is -2.24. The van der Waals surface area contributed by atoms with Gasteiger partial charge in [0.05, 0.1) is 5.69 Å². The van der Waals surface area contributed by atoms with Crippen LogP contribution in [0, 0.1) is 0 Å². The van der Waals surface area contributed by atoms with E-state index in [2.05, 4.69) is 4.74 Å². The summed E-state index contributed by atoms with van der Waals surface area (Å²) in [6.07, 6.45) is 2.23. The number of nitrogens with zero attached hydrogens (tertiary/aromatic N) is 1. The zero-order valence-electron chi connectivity index (χ0n) is 8.47. The van der Waals surface area contributed by atoms with Gasteiger partial charge in [0.2, 0.25) is 0 Å². The highest BCUT2D eigenvalue weighted by atomic mass is 19.3. The molecule has 0 saturated heterocycles. The second-order valence-corrected chi connectivity index (χ2v) is 3.22. The topological polar surface area (TPSA) is 46.6 Å². The number of carbonyl (C=O) groups excluding carboxylic acids is 2. The van der Waals surface area contributed by atoms with Crippen LogP contribution in [0.2, 0.25) is 0 Å². The van der Waals surface area contributed by atoms with Gasteiger partial charge in [0.1, 0.15) is 5.75 Å². The number of benzene rings is 1. The van der Waals surface area contributed by atoms with E-state index in [0.717, 1.165) is 17.1 Å². The van der Waals surface area contributed by atoms with Crippen molar-refractivity contribution in [2.45, 2.75) is 6.61 Å². The Morgan fingerprint density at radius 3 is 2.35 bits per heavy atom. The molecule has 1 aromatic carbocycles. The average molecular weight is 239 g/mol. The van der Waals surface area contributed by atoms with Gasteiger partial charge in [-0.3, -0.25) is 9.59 Å². The van der Waals surface area contributed by atoms with Crippen LogP contribution in [-0.2, 0) is 9.59 Å². The molecule has 2 amide bonds. The average Bonchev–Trinajstić information content (AvgIpc) is 2.58. The van der Waals surface area contributed by atoms with Crippen LogP contribution in [-0.4, -0.2) is 18.4 Å². The fourth-order valence-corrected chi connectivity index (χ4v) is 1.45. The summed E-state index contributed by atoms with van der Waals surface area (Å²) in [5, 5.41) is 0. The summed E-state index contributed by atoms with van der Waals surface area (Å²) in [6.45, 7) is -2.95. The number of hydrogen-bond acceptors (Lipinski definition) is 3. The third-order valence-electron chi connectivity index (χ3n) is 2.11. The van der Waals surface area contributed by atoms with Gasteiger partial charge in [-0.2, -0.15) is 8.78 Å². The number of halogens is 2. The molecule has 0 saturated carbocycles. The summed E-state index contributed by atoms with van der Waals surface area (Å²) in [6, 6.07) is 5.40. The standard InChI is InChI=1S/C11H7F2NO3/c12-11(13)17-8-3-1-2-7(6-8)14-9(15)4-5-10(14)16/h1-6,11H. The Kier molecular flexibility index (Phi) is 2.86. The maximum absolute atomic E-state index is 12.0. The van der Waals surface area contributed by atoms with E-state index < -0.39 is 18.4 Å². The lowest BCUT2D eigenvalue weighted by Crippen LogP contribution is -2.29. The van der Waals surface area contributed by atoms with Gasteiger partial charge < -0.3 is 4.74 Å². The molecule has 1 aromatic rings. The molecule has 17 heavy (non-hydrogen) atoms. The molecule has 1 aliphatic heterocycles. The Bertz CT molecular complexity index is 481. The molecule has 0 fully saturated rings. The lowest BCUT2D eigenvalue weighted by atomic mass is 10.2. The minimum absolute atomic E-state index is 0.106. The maximum Gasteiger partial charge on any atom is 0.387 e. The molecule has 0 atom stereocenters. The number of alkyl halides is 2. The fraction of sp³-hybridized carbons (Fsp3) is 0.0909. The molecular formula is C11H7F2NO3. The molecule has 0 aromatic heterocycles. The van der Waals surface area contributed by atoms with Crippen molar-refractivity contribution >= 4 is 17.5 Å². The predicted octanol–water partition coefficient (Wildman–Crippen LogP) is 1.72. The SMILES string of the molecule is O=C1C=CC(=O)N1c1cccc(OC(F)F)c1. The smallest absolute Gasteiger partial charge is 0.387 e. The van der Waals surface area contributed by atoms with Gasteiger partial charge >= 0.3 is 6.61 Å². The van der Waals surface area contributed by atoms with Crippen molar-refractivity contribution in [1.29, 1.82) is 0 Å². The number of carbonyl (C=O) groups is 2. The van der Waals surface area contributed by atoms with Crippen LogP contribution in [0.3, 0.4) is 0 Å². The van der Waals surface area contributed by atoms with Crippen LogP contribution in [0.25, 0.3) is 0 Å². The van der Waals surface area contributed by atoms with Gasteiger partial charge in [0.15, 0.2) is 0 Å². The van der Waals surface area contributed by atoms with Crippen LogP contribution < -0.4 is 9.64 Å². The third kappa shape index (κ3) is 2.30. The Morgan fingerprint density at radius 2 is 1.76 bits per heavy atom. The van der Waals surface area contributed by atoms with Gasteiger partial charge in [0, 0.05) is 18.2 Å². The molecule has 6 heteroatoms. The Morgan fingerprint density at radius 1 is 1.12 bits per heavy atom. The van der Waals surface area contributed by atoms with Crippen LogP contribution in [0.4, 0.5) is 14.5 Å². The van der Waals surface area contributed by atoms with Crippen LogP contribution >= 0.6 is 0 Å². The summed E-state index contributed by atoms with van der Waals surface area (Å²) in [4.78, 5) is 23.6. The summed E-state index contributed by atoms with van der Waals surface area (Å²) in [5.41, 5.74) is 0.197. The molecular weight excluding hydrogens is 232 g/mol. The van der Waals surface area contributed by atoms with Gasteiger partial charge in [-0.25, -0.2) is 4.90 Å². The second kappa shape index (κ2) is 4.32. The van der Waals surface area contributed by atoms with E-state index in [4.69, 9.17) is 0 Å². The summed E-state index contributed by atoms with van der Waals surface area (Å²) in [7, 11) is 0. The zero-order chi connectivity index (χ0) is 12.4. The molecule has 0 unspecified atom stereocenters. The molecule has 88 valence electrons. The first-order valence-corrected chi connectivity index (χ1v) is 4.69. The molecule has 0 N–H and O–H groups in total. The van der Waals surface area contributed by atoms with Gasteiger partial charge in [-0.05, 0) is 12.1 Å². The number of amides is 2. The van der Waals surface area contributed by atoms with Crippen LogP contribution in [0.5, 0.6) is 5.75 Å². The fourth-order valence-electron chi connectivity index (χ4n) is 1.45. The van der Waals surface area contributed by atoms with Crippen molar-refractivity contribution in [3.8, 4) is 5.75 Å².